The van der Waals surface area contributed by atoms with Gasteiger partial charge in [-0.2, -0.15) is 0 Å². The highest BCUT2D eigenvalue weighted by molar-refractivity contribution is 5.34. The zero-order chi connectivity index (χ0) is 18.4. The molecule has 5 nitrogen and oxygen atoms in total. The fourth-order valence-corrected chi connectivity index (χ4v) is 4.30. The van der Waals surface area contributed by atoms with Crippen molar-refractivity contribution < 1.29 is 4.74 Å². The van der Waals surface area contributed by atoms with E-state index < -0.39 is 0 Å². The minimum absolute atomic E-state index is 0.175. The maximum Gasteiger partial charge on any atom is 0.125 e. The lowest BCUT2D eigenvalue weighted by molar-refractivity contribution is -0.0414. The van der Waals surface area contributed by atoms with E-state index in [9.17, 15) is 0 Å². The van der Waals surface area contributed by atoms with Gasteiger partial charge in [0.1, 0.15) is 5.82 Å². The Morgan fingerprint density at radius 3 is 2.37 bits per heavy atom. The Morgan fingerprint density at radius 1 is 0.926 bits per heavy atom. The molecule has 1 aromatic carbocycles. The molecule has 0 atom stereocenters. The van der Waals surface area contributed by atoms with Crippen LogP contribution in [0.2, 0.25) is 0 Å². The summed E-state index contributed by atoms with van der Waals surface area (Å²) < 4.78 is 5.69. The molecule has 2 aliphatic rings. The van der Waals surface area contributed by atoms with Gasteiger partial charge in [0.25, 0.3) is 0 Å². The highest BCUT2D eigenvalue weighted by Gasteiger charge is 2.39. The molecule has 0 aliphatic carbocycles. The molecule has 1 N–H and O–H groups in total. The average Bonchev–Trinajstić information content (AvgIpc) is 2.75. The van der Waals surface area contributed by atoms with Crippen molar-refractivity contribution >= 4 is 5.82 Å². The van der Waals surface area contributed by atoms with Crippen molar-refractivity contribution in [3.63, 3.8) is 0 Å². The summed E-state index contributed by atoms with van der Waals surface area (Å²) in [6, 6.07) is 16.8. The molecule has 2 saturated heterocycles. The minimum Gasteiger partial charge on any atom is -0.381 e. The molecule has 0 saturated carbocycles. The number of hydrogen-bond donors (Lipinski definition) is 1. The standard InChI is InChI=1S/C22H30N4O/c1-2-6-20(7-3-1)18-25-12-14-26(15-13-25)22(9-16-27-17-10-22)19-24-21-8-4-5-11-23-21/h1-8,11H,9-10,12-19H2,(H,23,24). The van der Waals surface area contributed by atoms with Gasteiger partial charge in [-0.3, -0.25) is 9.80 Å². The van der Waals surface area contributed by atoms with E-state index in [1.807, 2.05) is 24.4 Å². The van der Waals surface area contributed by atoms with Crippen LogP contribution in [0, 0.1) is 0 Å². The highest BCUT2D eigenvalue weighted by atomic mass is 16.5. The van der Waals surface area contributed by atoms with Crippen LogP contribution < -0.4 is 5.32 Å². The molecule has 144 valence electrons. The lowest BCUT2D eigenvalue weighted by atomic mass is 9.87. The van der Waals surface area contributed by atoms with Gasteiger partial charge in [-0.25, -0.2) is 4.98 Å². The molecule has 27 heavy (non-hydrogen) atoms. The van der Waals surface area contributed by atoms with E-state index in [2.05, 4.69) is 50.4 Å². The third-order valence-electron chi connectivity index (χ3n) is 5.98. The first-order chi connectivity index (χ1) is 13.3. The van der Waals surface area contributed by atoms with Crippen molar-refractivity contribution in [1.29, 1.82) is 0 Å². The summed E-state index contributed by atoms with van der Waals surface area (Å²) in [6.07, 6.45) is 4.03. The molecule has 5 heteroatoms. The number of anilines is 1. The summed E-state index contributed by atoms with van der Waals surface area (Å²) in [4.78, 5) is 9.70. The summed E-state index contributed by atoms with van der Waals surface area (Å²) in [5, 5.41) is 3.58. The number of aromatic nitrogens is 1. The zero-order valence-corrected chi connectivity index (χ0v) is 16.0. The molecule has 2 aliphatic heterocycles. The van der Waals surface area contributed by atoms with Crippen LogP contribution in [0.4, 0.5) is 5.82 Å². The lowest BCUT2D eigenvalue weighted by Gasteiger charge is -2.49. The Labute approximate surface area is 162 Å². The predicted molar refractivity (Wildman–Crippen MR) is 109 cm³/mol. The molecule has 2 fully saturated rings. The van der Waals surface area contributed by atoms with Crippen molar-refractivity contribution in [2.75, 3.05) is 51.3 Å². The van der Waals surface area contributed by atoms with Gasteiger partial charge in [-0.15, -0.1) is 0 Å². The Balaban J connectivity index is 1.36. The van der Waals surface area contributed by atoms with Crippen molar-refractivity contribution in [3.8, 4) is 0 Å². The van der Waals surface area contributed by atoms with Gasteiger partial charge in [0.15, 0.2) is 0 Å². The van der Waals surface area contributed by atoms with Crippen LogP contribution in [-0.2, 0) is 11.3 Å². The van der Waals surface area contributed by atoms with Gasteiger partial charge >= 0.3 is 0 Å². The zero-order valence-electron chi connectivity index (χ0n) is 16.0. The van der Waals surface area contributed by atoms with Crippen LogP contribution in [0.3, 0.4) is 0 Å². The molecule has 3 heterocycles. The summed E-state index contributed by atoms with van der Waals surface area (Å²) in [7, 11) is 0. The minimum atomic E-state index is 0.175. The van der Waals surface area contributed by atoms with E-state index in [-0.39, 0.29) is 5.54 Å². The molecule has 0 unspecified atom stereocenters. The second kappa shape index (κ2) is 8.83. The lowest BCUT2D eigenvalue weighted by Crippen LogP contribution is -2.61. The fraction of sp³-hybridized carbons (Fsp3) is 0.500. The Morgan fingerprint density at radius 2 is 1.67 bits per heavy atom. The van der Waals surface area contributed by atoms with Gasteiger partial charge in [-0.1, -0.05) is 36.4 Å². The van der Waals surface area contributed by atoms with Gasteiger partial charge in [0, 0.05) is 64.2 Å². The number of ether oxygens (including phenoxy) is 1. The first-order valence-corrected chi connectivity index (χ1v) is 10.1. The van der Waals surface area contributed by atoms with Gasteiger partial charge in [0.05, 0.1) is 0 Å². The Bertz CT molecular complexity index is 680. The second-order valence-electron chi connectivity index (χ2n) is 7.65. The quantitative estimate of drug-likeness (QED) is 0.851. The molecule has 0 spiro atoms. The number of pyridine rings is 1. The SMILES string of the molecule is c1ccc(CN2CCN(C3(CNc4ccccn4)CCOCC3)CC2)cc1. The number of rotatable bonds is 6. The molecular formula is C22H30N4O. The Kier molecular flexibility index (Phi) is 6.02. The molecular weight excluding hydrogens is 336 g/mol. The van der Waals surface area contributed by atoms with E-state index in [1.165, 1.54) is 5.56 Å². The van der Waals surface area contributed by atoms with Gasteiger partial charge in [-0.05, 0) is 30.5 Å². The van der Waals surface area contributed by atoms with Crippen molar-refractivity contribution in [2.24, 2.45) is 0 Å². The number of hydrogen-bond acceptors (Lipinski definition) is 5. The maximum absolute atomic E-state index is 5.69. The maximum atomic E-state index is 5.69. The van der Waals surface area contributed by atoms with Crippen LogP contribution in [-0.4, -0.2) is 66.3 Å². The number of benzene rings is 1. The normalized spacial score (nSPS) is 21.0. The van der Waals surface area contributed by atoms with Gasteiger partial charge in [0.2, 0.25) is 0 Å². The third kappa shape index (κ3) is 4.67. The smallest absolute Gasteiger partial charge is 0.125 e. The van der Waals surface area contributed by atoms with E-state index >= 15 is 0 Å². The molecule has 0 radical (unpaired) electrons. The van der Waals surface area contributed by atoms with Crippen LogP contribution in [0.15, 0.2) is 54.7 Å². The largest absolute Gasteiger partial charge is 0.381 e. The van der Waals surface area contributed by atoms with Crippen molar-refractivity contribution in [3.05, 3.63) is 60.3 Å². The third-order valence-corrected chi connectivity index (χ3v) is 5.98. The highest BCUT2D eigenvalue weighted by Crippen LogP contribution is 2.30. The average molecular weight is 367 g/mol. The number of piperazine rings is 1. The van der Waals surface area contributed by atoms with Crippen LogP contribution >= 0.6 is 0 Å². The second-order valence-corrected chi connectivity index (χ2v) is 7.65. The Hall–Kier alpha value is -1.95. The first-order valence-electron chi connectivity index (χ1n) is 10.1. The van der Waals surface area contributed by atoms with E-state index in [0.29, 0.717) is 0 Å². The molecule has 0 bridgehead atoms. The summed E-state index contributed by atoms with van der Waals surface area (Å²) >= 11 is 0. The summed E-state index contributed by atoms with van der Waals surface area (Å²) in [5.74, 6) is 0.964. The van der Waals surface area contributed by atoms with Crippen molar-refractivity contribution in [2.45, 2.75) is 24.9 Å². The molecule has 0 amide bonds. The number of nitrogens with zero attached hydrogens (tertiary/aromatic N) is 3. The van der Waals surface area contributed by atoms with Crippen molar-refractivity contribution in [1.82, 2.24) is 14.8 Å². The van der Waals surface area contributed by atoms with Crippen LogP contribution in [0.5, 0.6) is 0 Å². The van der Waals surface area contributed by atoms with Gasteiger partial charge < -0.3 is 10.1 Å². The first kappa shape index (κ1) is 18.4. The summed E-state index contributed by atoms with van der Waals surface area (Å²) in [6.45, 7) is 8.20. The topological polar surface area (TPSA) is 40.6 Å². The summed E-state index contributed by atoms with van der Waals surface area (Å²) in [5.41, 5.74) is 1.58. The van der Waals surface area contributed by atoms with E-state index in [4.69, 9.17) is 4.74 Å². The predicted octanol–water partition coefficient (Wildman–Crippen LogP) is 2.86. The number of nitrogens with one attached hydrogen (secondary N) is 1. The monoisotopic (exact) mass is 366 g/mol. The fourth-order valence-electron chi connectivity index (χ4n) is 4.30. The van der Waals surface area contributed by atoms with Crippen LogP contribution in [0.25, 0.3) is 0 Å². The molecule has 4 rings (SSSR count). The molecule has 1 aromatic heterocycles. The van der Waals surface area contributed by atoms with Crippen LogP contribution in [0.1, 0.15) is 18.4 Å². The van der Waals surface area contributed by atoms with E-state index in [1.54, 1.807) is 0 Å². The molecule has 2 aromatic rings. The van der Waals surface area contributed by atoms with E-state index in [0.717, 1.165) is 71.1 Å².